The second-order valence-electron chi connectivity index (χ2n) is 5.62. The van der Waals surface area contributed by atoms with Crippen LogP contribution in [0.1, 0.15) is 61.5 Å². The smallest absolute Gasteiger partial charge is 0.254 e. The lowest BCUT2D eigenvalue weighted by atomic mass is 9.95. The quantitative estimate of drug-likeness (QED) is 0.683. The molecule has 112 valence electrons. The maximum atomic E-state index is 11.2. The van der Waals surface area contributed by atoms with Gasteiger partial charge < -0.3 is 4.57 Å². The van der Waals surface area contributed by atoms with Crippen molar-refractivity contribution < 1.29 is 4.79 Å². The van der Waals surface area contributed by atoms with E-state index in [4.69, 9.17) is 5.26 Å². The fourth-order valence-electron chi connectivity index (χ4n) is 3.12. The highest BCUT2D eigenvalue weighted by Gasteiger charge is 2.19. The molecule has 1 amide bonds. The molecule has 1 aromatic heterocycles. The number of carbonyl (C=O) groups is 1. The molecule has 1 aliphatic rings. The van der Waals surface area contributed by atoms with Gasteiger partial charge in [0.15, 0.2) is 0 Å². The number of aromatic nitrogens is 1. The van der Waals surface area contributed by atoms with E-state index in [0.717, 1.165) is 5.56 Å². The molecule has 0 aliphatic heterocycles. The van der Waals surface area contributed by atoms with E-state index < -0.39 is 0 Å². The van der Waals surface area contributed by atoms with Crippen LogP contribution in [0.5, 0.6) is 0 Å². The molecule has 1 aliphatic carbocycles. The van der Waals surface area contributed by atoms with Gasteiger partial charge in [0.05, 0.1) is 12.3 Å². The Morgan fingerprint density at radius 3 is 2.86 bits per heavy atom. The summed E-state index contributed by atoms with van der Waals surface area (Å²) in [5, 5.41) is 12.3. The summed E-state index contributed by atoms with van der Waals surface area (Å²) < 4.78 is 2.40. The van der Waals surface area contributed by atoms with Crippen molar-refractivity contribution in [2.45, 2.75) is 58.4 Å². The molecular formula is C16H22N4O. The number of hydrogen-bond acceptors (Lipinski definition) is 3. The van der Waals surface area contributed by atoms with Gasteiger partial charge in [-0.3, -0.25) is 4.79 Å². The SMILES string of the molecule is Cc1cc(/C=N\NC(=O)CC#N)c(C)n1C1CCCCC1. The van der Waals surface area contributed by atoms with Gasteiger partial charge in [-0.1, -0.05) is 19.3 Å². The first-order valence-electron chi connectivity index (χ1n) is 7.50. The molecule has 1 N–H and O–H groups in total. The number of amides is 1. The largest absolute Gasteiger partial charge is 0.345 e. The Kier molecular flexibility index (Phi) is 5.15. The number of nitrogens with zero attached hydrogens (tertiary/aromatic N) is 3. The van der Waals surface area contributed by atoms with Gasteiger partial charge in [-0.25, -0.2) is 5.43 Å². The minimum atomic E-state index is -0.380. The monoisotopic (exact) mass is 286 g/mol. The second kappa shape index (κ2) is 7.07. The zero-order valence-electron chi connectivity index (χ0n) is 12.7. The fraction of sp³-hybridized carbons (Fsp3) is 0.562. The molecule has 0 saturated heterocycles. The molecule has 0 bridgehead atoms. The molecule has 0 spiro atoms. The molecule has 1 saturated carbocycles. The van der Waals surface area contributed by atoms with Crippen LogP contribution in [-0.4, -0.2) is 16.7 Å². The van der Waals surface area contributed by atoms with Crippen molar-refractivity contribution in [2.24, 2.45) is 5.10 Å². The number of hydrogen-bond donors (Lipinski definition) is 1. The third-order valence-corrected chi connectivity index (χ3v) is 4.10. The van der Waals surface area contributed by atoms with Crippen molar-refractivity contribution in [1.29, 1.82) is 5.26 Å². The minimum Gasteiger partial charge on any atom is -0.345 e. The summed E-state index contributed by atoms with van der Waals surface area (Å²) in [6.45, 7) is 4.22. The average Bonchev–Trinajstić information content (AvgIpc) is 2.75. The molecule has 21 heavy (non-hydrogen) atoms. The van der Waals surface area contributed by atoms with Gasteiger partial charge in [0, 0.05) is 23.0 Å². The molecule has 0 atom stereocenters. The Labute approximate surface area is 125 Å². The van der Waals surface area contributed by atoms with Gasteiger partial charge in [-0.15, -0.1) is 0 Å². The summed E-state index contributed by atoms with van der Waals surface area (Å²) in [7, 11) is 0. The van der Waals surface area contributed by atoms with Crippen molar-refractivity contribution in [1.82, 2.24) is 9.99 Å². The topological polar surface area (TPSA) is 70.2 Å². The number of carbonyl (C=O) groups excluding carboxylic acids is 1. The Hall–Kier alpha value is -2.09. The lowest BCUT2D eigenvalue weighted by Crippen LogP contribution is -2.16. The molecule has 0 aromatic carbocycles. The fourth-order valence-corrected chi connectivity index (χ4v) is 3.12. The van der Waals surface area contributed by atoms with Crippen LogP contribution in [0.3, 0.4) is 0 Å². The van der Waals surface area contributed by atoms with Crippen LogP contribution in [0, 0.1) is 25.2 Å². The van der Waals surface area contributed by atoms with Crippen LogP contribution in [0.2, 0.25) is 0 Å². The second-order valence-corrected chi connectivity index (χ2v) is 5.62. The van der Waals surface area contributed by atoms with Crippen molar-refractivity contribution in [3.05, 3.63) is 23.0 Å². The van der Waals surface area contributed by atoms with Gasteiger partial charge in [-0.2, -0.15) is 10.4 Å². The van der Waals surface area contributed by atoms with E-state index in [1.807, 2.05) is 0 Å². The summed E-state index contributed by atoms with van der Waals surface area (Å²) in [4.78, 5) is 11.2. The van der Waals surface area contributed by atoms with E-state index in [0.29, 0.717) is 6.04 Å². The summed E-state index contributed by atoms with van der Waals surface area (Å²) in [6, 6.07) is 4.49. The van der Waals surface area contributed by atoms with Gasteiger partial charge in [0.1, 0.15) is 6.42 Å². The molecule has 1 heterocycles. The van der Waals surface area contributed by atoms with Gasteiger partial charge in [0.25, 0.3) is 5.91 Å². The van der Waals surface area contributed by atoms with E-state index in [-0.39, 0.29) is 12.3 Å². The van der Waals surface area contributed by atoms with E-state index >= 15 is 0 Å². The zero-order valence-corrected chi connectivity index (χ0v) is 12.7. The summed E-state index contributed by atoms with van der Waals surface area (Å²) in [6.07, 6.45) is 7.92. The van der Waals surface area contributed by atoms with E-state index in [9.17, 15) is 4.79 Å². The van der Waals surface area contributed by atoms with Crippen LogP contribution in [0.25, 0.3) is 0 Å². The number of rotatable bonds is 4. The highest BCUT2D eigenvalue weighted by Crippen LogP contribution is 2.31. The third kappa shape index (κ3) is 3.72. The normalized spacial score (nSPS) is 16.0. The standard InChI is InChI=1S/C16H22N4O/c1-12-10-14(11-18-19-16(21)8-9-17)13(2)20(12)15-6-4-3-5-7-15/h10-11,15H,3-8H2,1-2H3,(H,19,21)/b18-11-. The van der Waals surface area contributed by atoms with Crippen LogP contribution >= 0.6 is 0 Å². The lowest BCUT2D eigenvalue weighted by molar-refractivity contribution is -0.120. The van der Waals surface area contributed by atoms with Crippen molar-refractivity contribution >= 4 is 12.1 Å². The summed E-state index contributed by atoms with van der Waals surface area (Å²) >= 11 is 0. The Morgan fingerprint density at radius 2 is 2.19 bits per heavy atom. The number of nitriles is 1. The maximum absolute atomic E-state index is 11.2. The molecule has 5 nitrogen and oxygen atoms in total. The van der Waals surface area contributed by atoms with E-state index in [1.54, 1.807) is 12.3 Å². The van der Waals surface area contributed by atoms with Gasteiger partial charge in [-0.05, 0) is 32.8 Å². The Morgan fingerprint density at radius 1 is 1.48 bits per heavy atom. The highest BCUT2D eigenvalue weighted by molar-refractivity contribution is 5.84. The van der Waals surface area contributed by atoms with Crippen LogP contribution in [-0.2, 0) is 4.79 Å². The van der Waals surface area contributed by atoms with E-state index in [1.165, 1.54) is 43.5 Å². The molecule has 0 radical (unpaired) electrons. The zero-order chi connectivity index (χ0) is 15.2. The summed E-state index contributed by atoms with van der Waals surface area (Å²) in [5.74, 6) is -0.380. The van der Waals surface area contributed by atoms with Crippen molar-refractivity contribution in [2.75, 3.05) is 0 Å². The van der Waals surface area contributed by atoms with E-state index in [2.05, 4.69) is 35.0 Å². The van der Waals surface area contributed by atoms with Crippen LogP contribution < -0.4 is 5.43 Å². The third-order valence-electron chi connectivity index (χ3n) is 4.10. The summed E-state index contributed by atoms with van der Waals surface area (Å²) in [5.41, 5.74) is 5.82. The first-order chi connectivity index (χ1) is 10.1. The molecule has 5 heteroatoms. The Bertz CT molecular complexity index is 574. The minimum absolute atomic E-state index is 0.168. The lowest BCUT2D eigenvalue weighted by Gasteiger charge is -2.26. The average molecular weight is 286 g/mol. The number of aryl methyl sites for hydroxylation is 1. The van der Waals surface area contributed by atoms with Crippen LogP contribution in [0.4, 0.5) is 0 Å². The van der Waals surface area contributed by atoms with Crippen molar-refractivity contribution in [3.63, 3.8) is 0 Å². The highest BCUT2D eigenvalue weighted by atomic mass is 16.2. The maximum Gasteiger partial charge on any atom is 0.254 e. The van der Waals surface area contributed by atoms with Crippen molar-refractivity contribution in [3.8, 4) is 6.07 Å². The Balaban J connectivity index is 2.09. The first-order valence-corrected chi connectivity index (χ1v) is 7.50. The predicted molar refractivity (Wildman–Crippen MR) is 82.0 cm³/mol. The van der Waals surface area contributed by atoms with Gasteiger partial charge >= 0.3 is 0 Å². The molecule has 0 unspecified atom stereocenters. The molecule has 2 rings (SSSR count). The molecular weight excluding hydrogens is 264 g/mol. The van der Waals surface area contributed by atoms with Gasteiger partial charge in [0.2, 0.25) is 0 Å². The van der Waals surface area contributed by atoms with Crippen LogP contribution in [0.15, 0.2) is 11.2 Å². The first kappa shape index (κ1) is 15.3. The number of hydrazone groups is 1. The predicted octanol–water partition coefficient (Wildman–Crippen LogP) is 2.97. The molecule has 1 fully saturated rings. The number of nitrogens with one attached hydrogen (secondary N) is 1. The molecule has 1 aromatic rings.